The van der Waals surface area contributed by atoms with Crippen molar-refractivity contribution in [3.05, 3.63) is 0 Å². The van der Waals surface area contributed by atoms with Crippen molar-refractivity contribution in [2.75, 3.05) is 0 Å². The van der Waals surface area contributed by atoms with Gasteiger partial charge in [0, 0.05) is 12.8 Å². The van der Waals surface area contributed by atoms with E-state index in [9.17, 15) is 9.18 Å². The Morgan fingerprint density at radius 1 is 1.75 bits per heavy atom. The van der Waals surface area contributed by atoms with Crippen molar-refractivity contribution in [3.8, 4) is 0 Å². The van der Waals surface area contributed by atoms with E-state index in [-0.39, 0.29) is 18.6 Å². The van der Waals surface area contributed by atoms with Crippen LogP contribution < -0.4 is 0 Å². The zero-order chi connectivity index (χ0) is 6.20. The van der Waals surface area contributed by atoms with E-state index in [1.54, 1.807) is 6.92 Å². The molecule has 1 aliphatic carbocycles. The molecule has 0 atom stereocenters. The molecule has 1 saturated carbocycles. The largest absolute Gasteiger partial charge is 0.299 e. The van der Waals surface area contributed by atoms with E-state index in [1.165, 1.54) is 0 Å². The van der Waals surface area contributed by atoms with Gasteiger partial charge in [0.1, 0.15) is 11.5 Å². The molecule has 0 aromatic heterocycles. The molecular formula is C6H9FO. The topological polar surface area (TPSA) is 17.1 Å². The molecule has 0 spiro atoms. The second-order valence-corrected chi connectivity index (χ2v) is 2.40. The Hall–Kier alpha value is -0.400. The lowest BCUT2D eigenvalue weighted by atomic mass is 9.79. The molecule has 0 aromatic carbocycles. The SMILES string of the molecule is CCC1(F)CC(=O)C1. The smallest absolute Gasteiger partial charge is 0.139 e. The first-order chi connectivity index (χ1) is 3.66. The fourth-order valence-corrected chi connectivity index (χ4v) is 0.905. The van der Waals surface area contributed by atoms with Crippen molar-refractivity contribution < 1.29 is 9.18 Å². The van der Waals surface area contributed by atoms with Crippen LogP contribution in [0.2, 0.25) is 0 Å². The van der Waals surface area contributed by atoms with E-state index in [2.05, 4.69) is 0 Å². The summed E-state index contributed by atoms with van der Waals surface area (Å²) in [4.78, 5) is 10.2. The minimum Gasteiger partial charge on any atom is -0.299 e. The lowest BCUT2D eigenvalue weighted by molar-refractivity contribution is -0.134. The summed E-state index contributed by atoms with van der Waals surface area (Å²) in [6.45, 7) is 1.77. The molecule has 0 saturated heterocycles. The van der Waals surface area contributed by atoms with Crippen LogP contribution >= 0.6 is 0 Å². The molecule has 1 fully saturated rings. The number of hydrogen-bond donors (Lipinski definition) is 0. The average molecular weight is 116 g/mol. The second-order valence-electron chi connectivity index (χ2n) is 2.40. The second kappa shape index (κ2) is 1.54. The molecule has 0 bridgehead atoms. The molecule has 0 N–H and O–H groups in total. The van der Waals surface area contributed by atoms with E-state index in [0.717, 1.165) is 0 Å². The Morgan fingerprint density at radius 2 is 2.25 bits per heavy atom. The Labute approximate surface area is 47.9 Å². The minimum atomic E-state index is -1.11. The molecule has 0 heterocycles. The molecule has 1 rings (SSSR count). The first-order valence-corrected chi connectivity index (χ1v) is 2.87. The van der Waals surface area contributed by atoms with E-state index in [4.69, 9.17) is 0 Å². The highest BCUT2D eigenvalue weighted by molar-refractivity contribution is 5.87. The quantitative estimate of drug-likeness (QED) is 0.507. The van der Waals surface area contributed by atoms with E-state index >= 15 is 0 Å². The van der Waals surface area contributed by atoms with Crippen molar-refractivity contribution in [1.82, 2.24) is 0 Å². The maximum atomic E-state index is 12.7. The van der Waals surface area contributed by atoms with Gasteiger partial charge in [-0.2, -0.15) is 0 Å². The van der Waals surface area contributed by atoms with Gasteiger partial charge < -0.3 is 0 Å². The standard InChI is InChI=1S/C6H9FO/c1-2-6(7)3-5(8)4-6/h2-4H2,1H3. The van der Waals surface area contributed by atoms with Crippen LogP contribution in [0.25, 0.3) is 0 Å². The highest BCUT2D eigenvalue weighted by Gasteiger charge is 2.41. The summed E-state index contributed by atoms with van der Waals surface area (Å²) < 4.78 is 12.7. The Balaban J connectivity index is 2.40. The maximum Gasteiger partial charge on any atom is 0.139 e. The molecule has 0 aromatic rings. The number of carbonyl (C=O) groups is 1. The van der Waals surface area contributed by atoms with Gasteiger partial charge in [-0.05, 0) is 6.42 Å². The lowest BCUT2D eigenvalue weighted by Crippen LogP contribution is -2.39. The third-order valence-corrected chi connectivity index (χ3v) is 1.66. The molecule has 1 aliphatic rings. The van der Waals surface area contributed by atoms with Gasteiger partial charge in [-0.25, -0.2) is 4.39 Å². The van der Waals surface area contributed by atoms with Gasteiger partial charge in [0.25, 0.3) is 0 Å². The summed E-state index contributed by atoms with van der Waals surface area (Å²) in [7, 11) is 0. The molecule has 2 heteroatoms. The van der Waals surface area contributed by atoms with Crippen molar-refractivity contribution in [2.24, 2.45) is 0 Å². The van der Waals surface area contributed by atoms with Crippen LogP contribution in [0.15, 0.2) is 0 Å². The Morgan fingerprint density at radius 3 is 2.38 bits per heavy atom. The molecule has 0 unspecified atom stereocenters. The highest BCUT2D eigenvalue weighted by Crippen LogP contribution is 2.35. The molecule has 0 aliphatic heterocycles. The van der Waals surface area contributed by atoms with Crippen molar-refractivity contribution in [2.45, 2.75) is 31.9 Å². The van der Waals surface area contributed by atoms with Crippen LogP contribution in [-0.2, 0) is 4.79 Å². The number of rotatable bonds is 1. The van der Waals surface area contributed by atoms with E-state index in [1.807, 2.05) is 0 Å². The van der Waals surface area contributed by atoms with Crippen molar-refractivity contribution >= 4 is 5.78 Å². The molecule has 0 radical (unpaired) electrons. The van der Waals surface area contributed by atoms with Gasteiger partial charge in [-0.3, -0.25) is 4.79 Å². The van der Waals surface area contributed by atoms with Gasteiger partial charge in [-0.15, -0.1) is 0 Å². The van der Waals surface area contributed by atoms with Crippen LogP contribution in [-0.4, -0.2) is 11.5 Å². The average Bonchev–Trinajstić information content (AvgIpc) is 1.63. The van der Waals surface area contributed by atoms with Crippen LogP contribution in [0.3, 0.4) is 0 Å². The number of ketones is 1. The molecule has 0 amide bonds. The summed E-state index contributed by atoms with van der Waals surface area (Å²) >= 11 is 0. The molecule has 46 valence electrons. The van der Waals surface area contributed by atoms with Crippen LogP contribution in [0.1, 0.15) is 26.2 Å². The van der Waals surface area contributed by atoms with Crippen LogP contribution in [0, 0.1) is 0 Å². The molecular weight excluding hydrogens is 107 g/mol. The minimum absolute atomic E-state index is 0.0642. The number of alkyl halides is 1. The number of halogens is 1. The zero-order valence-electron chi connectivity index (χ0n) is 4.91. The predicted molar refractivity (Wildman–Crippen MR) is 28.4 cm³/mol. The van der Waals surface area contributed by atoms with Gasteiger partial charge >= 0.3 is 0 Å². The summed E-state index contributed by atoms with van der Waals surface area (Å²) in [6.07, 6.45) is 0.797. The van der Waals surface area contributed by atoms with Crippen molar-refractivity contribution in [3.63, 3.8) is 0 Å². The summed E-state index contributed by atoms with van der Waals surface area (Å²) in [5, 5.41) is 0. The first-order valence-electron chi connectivity index (χ1n) is 2.87. The van der Waals surface area contributed by atoms with Gasteiger partial charge in [-0.1, -0.05) is 6.92 Å². The molecule has 1 nitrogen and oxygen atoms in total. The van der Waals surface area contributed by atoms with E-state index < -0.39 is 5.67 Å². The molecule has 8 heavy (non-hydrogen) atoms. The van der Waals surface area contributed by atoms with Crippen LogP contribution in [0.4, 0.5) is 4.39 Å². The van der Waals surface area contributed by atoms with Gasteiger partial charge in [0.2, 0.25) is 0 Å². The zero-order valence-corrected chi connectivity index (χ0v) is 4.91. The van der Waals surface area contributed by atoms with E-state index in [0.29, 0.717) is 6.42 Å². The highest BCUT2D eigenvalue weighted by atomic mass is 19.1. The summed E-state index contributed by atoms with van der Waals surface area (Å²) in [6, 6.07) is 0. The Bertz CT molecular complexity index is 112. The third kappa shape index (κ3) is 0.746. The Kier molecular flexibility index (Phi) is 1.10. The lowest BCUT2D eigenvalue weighted by Gasteiger charge is -2.30. The fraction of sp³-hybridized carbons (Fsp3) is 0.833. The first kappa shape index (κ1) is 5.73. The fourth-order valence-electron chi connectivity index (χ4n) is 0.905. The van der Waals surface area contributed by atoms with Crippen molar-refractivity contribution in [1.29, 1.82) is 0 Å². The predicted octanol–water partition coefficient (Wildman–Crippen LogP) is 1.47. The number of carbonyl (C=O) groups excluding carboxylic acids is 1. The third-order valence-electron chi connectivity index (χ3n) is 1.66. The monoisotopic (exact) mass is 116 g/mol. The summed E-state index contributed by atoms with van der Waals surface area (Å²) in [5.41, 5.74) is -1.11. The van der Waals surface area contributed by atoms with Crippen LogP contribution in [0.5, 0.6) is 0 Å². The summed E-state index contributed by atoms with van der Waals surface area (Å²) in [5.74, 6) is 0.0642. The van der Waals surface area contributed by atoms with Gasteiger partial charge in [0.15, 0.2) is 0 Å². The van der Waals surface area contributed by atoms with Gasteiger partial charge in [0.05, 0.1) is 0 Å². The number of hydrogen-bond acceptors (Lipinski definition) is 1. The number of Topliss-reactive ketones (excluding diaryl/α,β-unsaturated/α-hetero) is 1. The maximum absolute atomic E-state index is 12.7. The normalized spacial score (nSPS) is 25.0.